The molecule has 4 N–H and O–H groups in total. The molecule has 1 heterocycles. The van der Waals surface area contributed by atoms with E-state index in [1.54, 1.807) is 0 Å². The van der Waals surface area contributed by atoms with Crippen LogP contribution in [0.3, 0.4) is 0 Å². The summed E-state index contributed by atoms with van der Waals surface area (Å²) in [6.07, 6.45) is 3.02. The highest BCUT2D eigenvalue weighted by atomic mass is 16.2. The van der Waals surface area contributed by atoms with Crippen molar-refractivity contribution in [2.75, 3.05) is 0 Å². The van der Waals surface area contributed by atoms with Gasteiger partial charge in [-0.25, -0.2) is 0 Å². The van der Waals surface area contributed by atoms with Crippen LogP contribution in [0.1, 0.15) is 26.2 Å². The molecular weight excluding hydrogens is 166 g/mol. The number of fused-ring (bicyclic) bond motifs is 1. The standard InChI is InChI=1S/C9H17N3O/c1-5-9(13)12-7-3-2-6(10)4-8(7)11-5/h5-8,11H,2-4,10H2,1H3,(H,12,13). The number of nitrogens with one attached hydrogen (secondary N) is 2. The van der Waals surface area contributed by atoms with Gasteiger partial charge in [0.1, 0.15) is 0 Å². The average Bonchev–Trinajstić information content (AvgIpc) is 2.08. The van der Waals surface area contributed by atoms with E-state index in [0.29, 0.717) is 18.1 Å². The van der Waals surface area contributed by atoms with Crippen molar-refractivity contribution in [3.63, 3.8) is 0 Å². The van der Waals surface area contributed by atoms with Crippen molar-refractivity contribution in [1.29, 1.82) is 0 Å². The molecule has 4 heteroatoms. The molecule has 2 fully saturated rings. The first-order valence-electron chi connectivity index (χ1n) is 4.99. The van der Waals surface area contributed by atoms with E-state index in [2.05, 4.69) is 10.6 Å². The quantitative estimate of drug-likeness (QED) is 0.467. The summed E-state index contributed by atoms with van der Waals surface area (Å²) in [5, 5.41) is 6.34. The average molecular weight is 183 g/mol. The third kappa shape index (κ3) is 1.69. The number of piperazine rings is 1. The van der Waals surface area contributed by atoms with Crippen molar-refractivity contribution < 1.29 is 4.79 Å². The second-order valence-electron chi connectivity index (χ2n) is 4.18. The first-order valence-corrected chi connectivity index (χ1v) is 4.99. The van der Waals surface area contributed by atoms with Gasteiger partial charge in [-0.3, -0.25) is 4.79 Å². The van der Waals surface area contributed by atoms with E-state index in [1.807, 2.05) is 6.92 Å². The zero-order valence-corrected chi connectivity index (χ0v) is 7.92. The molecular formula is C9H17N3O. The Hall–Kier alpha value is -0.610. The summed E-state index contributed by atoms with van der Waals surface area (Å²) in [5.41, 5.74) is 5.87. The Balaban J connectivity index is 2.02. The lowest BCUT2D eigenvalue weighted by Gasteiger charge is -2.41. The van der Waals surface area contributed by atoms with Crippen LogP contribution >= 0.6 is 0 Å². The molecule has 0 radical (unpaired) electrons. The monoisotopic (exact) mass is 183 g/mol. The van der Waals surface area contributed by atoms with E-state index in [4.69, 9.17) is 5.73 Å². The van der Waals surface area contributed by atoms with Crippen LogP contribution in [-0.2, 0) is 4.79 Å². The van der Waals surface area contributed by atoms with Crippen molar-refractivity contribution in [1.82, 2.24) is 10.6 Å². The van der Waals surface area contributed by atoms with Crippen LogP contribution in [0.15, 0.2) is 0 Å². The Bertz CT molecular complexity index is 219. The van der Waals surface area contributed by atoms with Crippen LogP contribution in [-0.4, -0.2) is 30.1 Å². The normalized spacial score (nSPS) is 45.2. The zero-order chi connectivity index (χ0) is 9.42. The highest BCUT2D eigenvalue weighted by molar-refractivity contribution is 5.82. The number of rotatable bonds is 0. The third-order valence-corrected chi connectivity index (χ3v) is 3.08. The van der Waals surface area contributed by atoms with Crippen LogP contribution in [0, 0.1) is 0 Å². The van der Waals surface area contributed by atoms with E-state index < -0.39 is 0 Å². The predicted octanol–water partition coefficient (Wildman–Crippen LogP) is -0.657. The van der Waals surface area contributed by atoms with Gasteiger partial charge < -0.3 is 16.4 Å². The van der Waals surface area contributed by atoms with E-state index in [0.717, 1.165) is 19.3 Å². The smallest absolute Gasteiger partial charge is 0.237 e. The fourth-order valence-corrected chi connectivity index (χ4v) is 2.26. The summed E-state index contributed by atoms with van der Waals surface area (Å²) >= 11 is 0. The molecule has 0 aromatic rings. The van der Waals surface area contributed by atoms with Crippen molar-refractivity contribution in [2.45, 2.75) is 50.4 Å². The Kier molecular flexibility index (Phi) is 2.26. The van der Waals surface area contributed by atoms with Crippen LogP contribution in [0.2, 0.25) is 0 Å². The molecule has 0 spiro atoms. The second kappa shape index (κ2) is 3.27. The van der Waals surface area contributed by atoms with E-state index in [1.165, 1.54) is 0 Å². The van der Waals surface area contributed by atoms with Gasteiger partial charge in [-0.05, 0) is 26.2 Å². The number of amides is 1. The zero-order valence-electron chi connectivity index (χ0n) is 7.92. The van der Waals surface area contributed by atoms with Crippen LogP contribution in [0.4, 0.5) is 0 Å². The molecule has 1 aliphatic carbocycles. The van der Waals surface area contributed by atoms with Gasteiger partial charge in [0.15, 0.2) is 0 Å². The second-order valence-corrected chi connectivity index (χ2v) is 4.18. The molecule has 74 valence electrons. The number of carbonyl (C=O) groups excluding carboxylic acids is 1. The van der Waals surface area contributed by atoms with Gasteiger partial charge in [0.25, 0.3) is 0 Å². The predicted molar refractivity (Wildman–Crippen MR) is 50.1 cm³/mol. The summed E-state index contributed by atoms with van der Waals surface area (Å²) in [6.45, 7) is 1.89. The van der Waals surface area contributed by atoms with Crippen molar-refractivity contribution in [3.05, 3.63) is 0 Å². The number of hydrogen-bond acceptors (Lipinski definition) is 3. The van der Waals surface area contributed by atoms with Gasteiger partial charge in [-0.1, -0.05) is 0 Å². The maximum absolute atomic E-state index is 11.3. The highest BCUT2D eigenvalue weighted by Gasteiger charge is 2.36. The SMILES string of the molecule is CC1NC2CC(N)CCC2NC1=O. The van der Waals surface area contributed by atoms with Gasteiger partial charge in [0, 0.05) is 18.1 Å². The summed E-state index contributed by atoms with van der Waals surface area (Å²) in [7, 11) is 0. The lowest BCUT2D eigenvalue weighted by molar-refractivity contribution is -0.126. The number of hydrogen-bond donors (Lipinski definition) is 3. The van der Waals surface area contributed by atoms with Gasteiger partial charge in [0.2, 0.25) is 5.91 Å². The van der Waals surface area contributed by atoms with Crippen molar-refractivity contribution >= 4 is 5.91 Å². The first-order chi connectivity index (χ1) is 6.16. The Morgan fingerprint density at radius 3 is 2.92 bits per heavy atom. The molecule has 1 saturated carbocycles. The molecule has 2 aliphatic rings. The molecule has 13 heavy (non-hydrogen) atoms. The molecule has 0 aromatic carbocycles. The van der Waals surface area contributed by atoms with Crippen molar-refractivity contribution in [2.24, 2.45) is 5.73 Å². The number of carbonyl (C=O) groups is 1. The molecule has 4 nitrogen and oxygen atoms in total. The third-order valence-electron chi connectivity index (χ3n) is 3.08. The minimum absolute atomic E-state index is 0.0634. The van der Waals surface area contributed by atoms with E-state index in [9.17, 15) is 4.79 Å². The molecule has 1 saturated heterocycles. The summed E-state index contributed by atoms with van der Waals surface area (Å²) in [5.74, 6) is 0.122. The van der Waals surface area contributed by atoms with Crippen LogP contribution in [0.25, 0.3) is 0 Å². The maximum Gasteiger partial charge on any atom is 0.237 e. The van der Waals surface area contributed by atoms with Gasteiger partial charge in [-0.2, -0.15) is 0 Å². The van der Waals surface area contributed by atoms with Crippen LogP contribution < -0.4 is 16.4 Å². The summed E-state index contributed by atoms with van der Waals surface area (Å²) in [6, 6.07) is 0.933. The van der Waals surface area contributed by atoms with Crippen LogP contribution in [0.5, 0.6) is 0 Å². The molecule has 0 bridgehead atoms. The maximum atomic E-state index is 11.3. The van der Waals surface area contributed by atoms with Gasteiger partial charge in [-0.15, -0.1) is 0 Å². The minimum Gasteiger partial charge on any atom is -0.350 e. The molecule has 1 aliphatic heterocycles. The van der Waals surface area contributed by atoms with Crippen molar-refractivity contribution in [3.8, 4) is 0 Å². The molecule has 4 unspecified atom stereocenters. The summed E-state index contributed by atoms with van der Waals surface area (Å²) < 4.78 is 0. The Morgan fingerprint density at radius 1 is 1.38 bits per heavy atom. The van der Waals surface area contributed by atoms with Gasteiger partial charge in [0.05, 0.1) is 6.04 Å². The van der Waals surface area contributed by atoms with Gasteiger partial charge >= 0.3 is 0 Å². The molecule has 2 rings (SSSR count). The first kappa shape index (κ1) is 8.97. The highest BCUT2D eigenvalue weighted by Crippen LogP contribution is 2.20. The fraction of sp³-hybridized carbons (Fsp3) is 0.889. The van der Waals surface area contributed by atoms with E-state index in [-0.39, 0.29) is 11.9 Å². The molecule has 4 atom stereocenters. The fourth-order valence-electron chi connectivity index (χ4n) is 2.26. The number of nitrogens with two attached hydrogens (primary N) is 1. The minimum atomic E-state index is -0.0634. The lowest BCUT2D eigenvalue weighted by atomic mass is 9.85. The Labute approximate surface area is 78.2 Å². The Morgan fingerprint density at radius 2 is 2.15 bits per heavy atom. The largest absolute Gasteiger partial charge is 0.350 e. The molecule has 1 amide bonds. The molecule has 0 aromatic heterocycles. The summed E-state index contributed by atoms with van der Waals surface area (Å²) in [4.78, 5) is 11.3. The topological polar surface area (TPSA) is 67.2 Å². The van der Waals surface area contributed by atoms with E-state index >= 15 is 0 Å². The lowest BCUT2D eigenvalue weighted by Crippen LogP contribution is -2.65.